The Hall–Kier alpha value is -2.25. The van der Waals surface area contributed by atoms with Crippen LogP contribution in [0, 0.1) is 0 Å². The zero-order valence-corrected chi connectivity index (χ0v) is 15.9. The molecule has 26 heavy (non-hydrogen) atoms. The number of aromatic nitrogens is 1. The quantitative estimate of drug-likeness (QED) is 0.629. The standard InChI is InChI=1S/C19H24N2O4S/c1-3-14-21(15-12-17-7-5-6-13-20-17)26(23,24)18-10-8-16(9-11-18)19(22)25-4-2/h5-11,13H,3-4,12,14-15H2,1-2H3. The van der Waals surface area contributed by atoms with E-state index < -0.39 is 16.0 Å². The number of carbonyl (C=O) groups excluding carboxylic acids is 1. The van der Waals surface area contributed by atoms with Crippen LogP contribution in [0.3, 0.4) is 0 Å². The summed E-state index contributed by atoms with van der Waals surface area (Å²) in [5, 5.41) is 0. The smallest absolute Gasteiger partial charge is 0.338 e. The Morgan fingerprint density at radius 1 is 1.08 bits per heavy atom. The van der Waals surface area contributed by atoms with Gasteiger partial charge in [0.05, 0.1) is 17.1 Å². The molecule has 0 radical (unpaired) electrons. The normalized spacial score (nSPS) is 11.5. The molecule has 2 rings (SSSR count). The van der Waals surface area contributed by atoms with Gasteiger partial charge in [0, 0.05) is 31.4 Å². The van der Waals surface area contributed by atoms with Crippen molar-refractivity contribution in [2.45, 2.75) is 31.6 Å². The lowest BCUT2D eigenvalue weighted by Crippen LogP contribution is -2.33. The van der Waals surface area contributed by atoms with Gasteiger partial charge in [0.25, 0.3) is 0 Å². The van der Waals surface area contributed by atoms with Gasteiger partial charge < -0.3 is 4.74 Å². The highest BCUT2D eigenvalue weighted by Crippen LogP contribution is 2.18. The van der Waals surface area contributed by atoms with E-state index in [2.05, 4.69) is 4.98 Å². The van der Waals surface area contributed by atoms with Crippen LogP contribution >= 0.6 is 0 Å². The average molecular weight is 376 g/mol. The first-order valence-corrected chi connectivity index (χ1v) is 10.1. The molecular weight excluding hydrogens is 352 g/mol. The van der Waals surface area contributed by atoms with E-state index in [1.807, 2.05) is 25.1 Å². The molecule has 2 aromatic rings. The van der Waals surface area contributed by atoms with Gasteiger partial charge in [-0.25, -0.2) is 13.2 Å². The predicted molar refractivity (Wildman–Crippen MR) is 99.4 cm³/mol. The summed E-state index contributed by atoms with van der Waals surface area (Å²) in [4.78, 5) is 16.1. The van der Waals surface area contributed by atoms with E-state index in [0.29, 0.717) is 31.5 Å². The summed E-state index contributed by atoms with van der Waals surface area (Å²) in [6.45, 7) is 4.71. The predicted octanol–water partition coefficient (Wildman–Crippen LogP) is 2.90. The second-order valence-electron chi connectivity index (χ2n) is 5.72. The molecule has 0 bridgehead atoms. The van der Waals surface area contributed by atoms with Crippen LogP contribution in [0.4, 0.5) is 0 Å². The molecule has 0 N–H and O–H groups in total. The van der Waals surface area contributed by atoms with Gasteiger partial charge in [-0.2, -0.15) is 4.31 Å². The van der Waals surface area contributed by atoms with Crippen LogP contribution in [0.5, 0.6) is 0 Å². The van der Waals surface area contributed by atoms with E-state index in [-0.39, 0.29) is 11.5 Å². The molecule has 1 heterocycles. The third kappa shape index (κ3) is 5.12. The number of nitrogens with zero attached hydrogens (tertiary/aromatic N) is 2. The summed E-state index contributed by atoms with van der Waals surface area (Å²) in [5.74, 6) is -0.461. The Morgan fingerprint density at radius 3 is 2.38 bits per heavy atom. The highest BCUT2D eigenvalue weighted by molar-refractivity contribution is 7.89. The third-order valence-corrected chi connectivity index (χ3v) is 5.73. The number of carbonyl (C=O) groups is 1. The number of esters is 1. The topological polar surface area (TPSA) is 76.6 Å². The number of rotatable bonds is 9. The maximum absolute atomic E-state index is 12.9. The molecule has 0 aliphatic rings. The van der Waals surface area contributed by atoms with Gasteiger partial charge in [-0.1, -0.05) is 13.0 Å². The average Bonchev–Trinajstić information content (AvgIpc) is 2.66. The Morgan fingerprint density at radius 2 is 1.81 bits per heavy atom. The molecule has 0 saturated carbocycles. The van der Waals surface area contributed by atoms with Crippen LogP contribution in [0.15, 0.2) is 53.6 Å². The van der Waals surface area contributed by atoms with E-state index in [1.54, 1.807) is 13.1 Å². The van der Waals surface area contributed by atoms with Crippen molar-refractivity contribution in [1.29, 1.82) is 0 Å². The van der Waals surface area contributed by atoms with Gasteiger partial charge in [-0.15, -0.1) is 0 Å². The van der Waals surface area contributed by atoms with Gasteiger partial charge in [-0.3, -0.25) is 4.98 Å². The van der Waals surface area contributed by atoms with Gasteiger partial charge in [0.2, 0.25) is 10.0 Å². The minimum absolute atomic E-state index is 0.167. The fraction of sp³-hybridized carbons (Fsp3) is 0.368. The van der Waals surface area contributed by atoms with Crippen molar-refractivity contribution in [2.24, 2.45) is 0 Å². The first-order valence-electron chi connectivity index (χ1n) is 8.66. The zero-order chi connectivity index (χ0) is 19.0. The zero-order valence-electron chi connectivity index (χ0n) is 15.1. The van der Waals surface area contributed by atoms with Crippen molar-refractivity contribution in [1.82, 2.24) is 9.29 Å². The minimum atomic E-state index is -3.63. The van der Waals surface area contributed by atoms with Crippen LogP contribution in [0.1, 0.15) is 36.3 Å². The largest absolute Gasteiger partial charge is 0.462 e. The molecule has 0 unspecified atom stereocenters. The molecule has 0 amide bonds. The molecule has 0 fully saturated rings. The Labute approximate surface area is 154 Å². The number of hydrogen-bond acceptors (Lipinski definition) is 5. The molecule has 140 valence electrons. The first kappa shape index (κ1) is 20.1. The van der Waals surface area contributed by atoms with Gasteiger partial charge in [0.1, 0.15) is 0 Å². The number of sulfonamides is 1. The van der Waals surface area contributed by atoms with Gasteiger partial charge in [0.15, 0.2) is 0 Å². The van der Waals surface area contributed by atoms with E-state index in [0.717, 1.165) is 5.69 Å². The molecular formula is C19H24N2O4S. The molecule has 0 saturated heterocycles. The molecule has 0 atom stereocenters. The van der Waals surface area contributed by atoms with Crippen molar-refractivity contribution < 1.29 is 17.9 Å². The maximum atomic E-state index is 12.9. The number of hydrogen-bond donors (Lipinski definition) is 0. The molecule has 1 aromatic carbocycles. The second kappa shape index (κ2) is 9.45. The van der Waals surface area contributed by atoms with Crippen molar-refractivity contribution in [3.05, 3.63) is 59.9 Å². The van der Waals surface area contributed by atoms with Crippen LogP contribution in [-0.4, -0.2) is 43.4 Å². The van der Waals surface area contributed by atoms with Gasteiger partial charge in [-0.05, 0) is 49.7 Å². The monoisotopic (exact) mass is 376 g/mol. The minimum Gasteiger partial charge on any atom is -0.462 e. The second-order valence-corrected chi connectivity index (χ2v) is 7.66. The highest BCUT2D eigenvalue weighted by atomic mass is 32.2. The Kier molecular flexibility index (Phi) is 7.29. The SMILES string of the molecule is CCCN(CCc1ccccn1)S(=O)(=O)c1ccc(C(=O)OCC)cc1. The van der Waals surface area contributed by atoms with Crippen LogP contribution in [0.25, 0.3) is 0 Å². The van der Waals surface area contributed by atoms with E-state index >= 15 is 0 Å². The van der Waals surface area contributed by atoms with Crippen LogP contribution < -0.4 is 0 Å². The molecule has 0 aliphatic carbocycles. The van der Waals surface area contributed by atoms with E-state index in [4.69, 9.17) is 4.74 Å². The van der Waals surface area contributed by atoms with Crippen LogP contribution in [0.2, 0.25) is 0 Å². The van der Waals surface area contributed by atoms with E-state index in [1.165, 1.54) is 28.6 Å². The van der Waals surface area contributed by atoms with Crippen LogP contribution in [-0.2, 0) is 21.2 Å². The Bertz CT molecular complexity index is 805. The van der Waals surface area contributed by atoms with Crippen molar-refractivity contribution in [3.63, 3.8) is 0 Å². The highest BCUT2D eigenvalue weighted by Gasteiger charge is 2.24. The molecule has 0 spiro atoms. The summed E-state index contributed by atoms with van der Waals surface area (Å²) in [6, 6.07) is 11.5. The lowest BCUT2D eigenvalue weighted by molar-refractivity contribution is 0.0526. The summed E-state index contributed by atoms with van der Waals surface area (Å²) >= 11 is 0. The number of benzene rings is 1. The summed E-state index contributed by atoms with van der Waals surface area (Å²) in [6.07, 6.45) is 2.95. The van der Waals surface area contributed by atoms with Crippen molar-refractivity contribution in [2.75, 3.05) is 19.7 Å². The maximum Gasteiger partial charge on any atom is 0.338 e. The van der Waals surface area contributed by atoms with E-state index in [9.17, 15) is 13.2 Å². The molecule has 1 aromatic heterocycles. The lowest BCUT2D eigenvalue weighted by atomic mass is 10.2. The summed E-state index contributed by atoms with van der Waals surface area (Å²) < 4.78 is 32.3. The summed E-state index contributed by atoms with van der Waals surface area (Å²) in [7, 11) is -3.63. The number of ether oxygens (including phenoxy) is 1. The Balaban J connectivity index is 2.16. The van der Waals surface area contributed by atoms with Crippen molar-refractivity contribution >= 4 is 16.0 Å². The lowest BCUT2D eigenvalue weighted by Gasteiger charge is -2.21. The number of pyridine rings is 1. The van der Waals surface area contributed by atoms with Gasteiger partial charge >= 0.3 is 5.97 Å². The molecule has 6 nitrogen and oxygen atoms in total. The van der Waals surface area contributed by atoms with Crippen molar-refractivity contribution in [3.8, 4) is 0 Å². The molecule has 0 aliphatic heterocycles. The first-order chi connectivity index (χ1) is 12.5. The molecule has 7 heteroatoms. The third-order valence-electron chi connectivity index (χ3n) is 3.82. The summed E-state index contributed by atoms with van der Waals surface area (Å²) in [5.41, 5.74) is 1.18. The fourth-order valence-corrected chi connectivity index (χ4v) is 4.05. The fourth-order valence-electron chi connectivity index (χ4n) is 2.51.